The van der Waals surface area contributed by atoms with Crippen LogP contribution in [0.2, 0.25) is 0 Å². The topological polar surface area (TPSA) is 98.8 Å². The molecule has 0 aromatic heterocycles. The van der Waals surface area contributed by atoms with Crippen LogP contribution in [0.25, 0.3) is 0 Å². The molecule has 0 saturated carbocycles. The lowest BCUT2D eigenvalue weighted by molar-refractivity contribution is -0.123. The molecule has 0 spiro atoms. The van der Waals surface area contributed by atoms with E-state index in [1.54, 1.807) is 24.3 Å². The minimum atomic E-state index is -4.76. The van der Waals surface area contributed by atoms with Crippen LogP contribution in [0.5, 0.6) is 5.75 Å². The highest BCUT2D eigenvalue weighted by Gasteiger charge is 2.27. The average Bonchev–Trinajstić information content (AvgIpc) is 2.67. The van der Waals surface area contributed by atoms with E-state index in [1.807, 2.05) is 0 Å². The summed E-state index contributed by atoms with van der Waals surface area (Å²) in [6, 6.07) is 10.4. The Kier molecular flexibility index (Phi) is 6.68. The van der Waals surface area contributed by atoms with Gasteiger partial charge in [-0.3, -0.25) is 4.79 Å². The fraction of sp³-hybridized carbons (Fsp3) is 0.222. The first kappa shape index (κ1) is 21.3. The fourth-order valence-corrected chi connectivity index (χ4v) is 2.83. The largest absolute Gasteiger partial charge is 0.497 e. The van der Waals surface area contributed by atoms with E-state index in [0.29, 0.717) is 11.4 Å². The van der Waals surface area contributed by atoms with E-state index in [-0.39, 0.29) is 5.56 Å². The van der Waals surface area contributed by atoms with Crippen LogP contribution in [-0.2, 0) is 19.4 Å². The average molecular weight is 413 g/mol. The first-order chi connectivity index (χ1) is 13.1. The fourth-order valence-electron chi connectivity index (χ4n) is 2.11. The van der Waals surface area contributed by atoms with E-state index in [9.17, 15) is 26.8 Å². The Hall–Kier alpha value is -3.01. The number of esters is 1. The van der Waals surface area contributed by atoms with Crippen molar-refractivity contribution in [3.63, 3.8) is 0 Å². The number of hydrogen-bond acceptors (Lipinski definition) is 6. The van der Waals surface area contributed by atoms with E-state index >= 15 is 0 Å². The Morgan fingerprint density at radius 2 is 1.71 bits per heavy atom. The van der Waals surface area contributed by atoms with E-state index in [2.05, 4.69) is 5.32 Å². The minimum absolute atomic E-state index is 0.0887. The summed E-state index contributed by atoms with van der Waals surface area (Å²) in [5, 5.41) is 2.56. The van der Waals surface area contributed by atoms with E-state index in [1.165, 1.54) is 14.0 Å². The number of benzene rings is 2. The summed E-state index contributed by atoms with van der Waals surface area (Å²) in [7, 11) is -3.28. The normalized spacial score (nSPS) is 12.3. The van der Waals surface area contributed by atoms with Gasteiger partial charge in [0.15, 0.2) is 6.10 Å². The molecule has 0 aliphatic carbocycles. The summed E-state index contributed by atoms with van der Waals surface area (Å²) in [4.78, 5) is 23.6. The van der Waals surface area contributed by atoms with Crippen molar-refractivity contribution in [1.82, 2.24) is 0 Å². The number of ether oxygens (including phenoxy) is 2. The van der Waals surface area contributed by atoms with Crippen molar-refractivity contribution >= 4 is 27.4 Å². The molecule has 0 saturated heterocycles. The maximum absolute atomic E-state index is 12.5. The van der Waals surface area contributed by atoms with Gasteiger partial charge in [0.05, 0.1) is 17.6 Å². The Morgan fingerprint density at radius 3 is 2.29 bits per heavy atom. The molecular weight excluding hydrogens is 396 g/mol. The van der Waals surface area contributed by atoms with Gasteiger partial charge in [-0.1, -0.05) is 6.07 Å². The highest BCUT2D eigenvalue weighted by atomic mass is 32.2. The van der Waals surface area contributed by atoms with Crippen molar-refractivity contribution in [2.24, 2.45) is 0 Å². The number of rotatable bonds is 7. The van der Waals surface area contributed by atoms with E-state index in [0.717, 1.165) is 24.3 Å². The van der Waals surface area contributed by atoms with Crippen molar-refractivity contribution in [3.05, 3.63) is 54.1 Å². The van der Waals surface area contributed by atoms with Crippen molar-refractivity contribution in [2.75, 3.05) is 12.4 Å². The van der Waals surface area contributed by atoms with Gasteiger partial charge in [0.2, 0.25) is 9.84 Å². The van der Waals surface area contributed by atoms with Gasteiger partial charge in [0.25, 0.3) is 5.91 Å². The van der Waals surface area contributed by atoms with Crippen molar-refractivity contribution in [1.29, 1.82) is 0 Å². The molecule has 0 unspecified atom stereocenters. The van der Waals surface area contributed by atoms with Crippen LogP contribution in [0.1, 0.15) is 17.3 Å². The molecule has 0 bridgehead atoms. The summed E-state index contributed by atoms with van der Waals surface area (Å²) in [6.07, 6.45) is -1.16. The second-order valence-electron chi connectivity index (χ2n) is 5.60. The number of alkyl halides is 2. The predicted octanol–water partition coefficient (Wildman–Crippen LogP) is 2.88. The first-order valence-electron chi connectivity index (χ1n) is 7.93. The maximum atomic E-state index is 12.5. The number of anilines is 1. The smallest absolute Gasteiger partial charge is 0.341 e. The Bertz CT molecular complexity index is 960. The molecule has 1 atom stereocenters. The van der Waals surface area contributed by atoms with Crippen LogP contribution in [-0.4, -0.2) is 39.3 Å². The predicted molar refractivity (Wildman–Crippen MR) is 96.1 cm³/mol. The van der Waals surface area contributed by atoms with Crippen molar-refractivity contribution in [2.45, 2.75) is 23.7 Å². The van der Waals surface area contributed by atoms with Crippen LogP contribution < -0.4 is 10.1 Å². The number of carbonyl (C=O) groups excluding carboxylic acids is 2. The zero-order valence-electron chi connectivity index (χ0n) is 14.9. The van der Waals surface area contributed by atoms with Gasteiger partial charge in [0, 0.05) is 11.8 Å². The lowest BCUT2D eigenvalue weighted by atomic mass is 10.2. The molecule has 10 heteroatoms. The maximum Gasteiger partial charge on any atom is 0.341 e. The standard InChI is InChI=1S/C18H17F2NO6S/c1-11(16(22)21-13-4-3-5-14(10-13)26-2)27-17(23)12-6-8-15(9-7-12)28(24,25)18(19)20/h3-11,18H,1-2H3,(H,21,22)/t11-/m0/s1. The molecule has 2 aromatic carbocycles. The molecule has 0 radical (unpaired) electrons. The van der Waals surface area contributed by atoms with Gasteiger partial charge in [0.1, 0.15) is 5.75 Å². The zero-order chi connectivity index (χ0) is 20.9. The van der Waals surface area contributed by atoms with E-state index in [4.69, 9.17) is 9.47 Å². The molecule has 2 rings (SSSR count). The van der Waals surface area contributed by atoms with Gasteiger partial charge < -0.3 is 14.8 Å². The van der Waals surface area contributed by atoms with E-state index < -0.39 is 38.5 Å². The van der Waals surface area contributed by atoms with Gasteiger partial charge >= 0.3 is 11.7 Å². The number of halogens is 2. The number of carbonyl (C=O) groups is 2. The summed E-state index contributed by atoms with van der Waals surface area (Å²) in [5.74, 6) is -4.54. The molecule has 28 heavy (non-hydrogen) atoms. The molecular formula is C18H17F2NO6S. The summed E-state index contributed by atoms with van der Waals surface area (Å²) < 4.78 is 57.8. The second kappa shape index (κ2) is 8.79. The van der Waals surface area contributed by atoms with Gasteiger partial charge in [-0.05, 0) is 43.3 Å². The third kappa shape index (κ3) is 5.03. The molecule has 1 N–H and O–H groups in total. The number of hydrogen-bond donors (Lipinski definition) is 1. The lowest BCUT2D eigenvalue weighted by Gasteiger charge is -2.14. The Labute approximate surface area is 160 Å². The van der Waals surface area contributed by atoms with Gasteiger partial charge in [-0.2, -0.15) is 8.78 Å². The van der Waals surface area contributed by atoms with Crippen LogP contribution in [0, 0.1) is 0 Å². The Balaban J connectivity index is 2.02. The molecule has 0 fully saturated rings. The Morgan fingerprint density at radius 1 is 1.07 bits per heavy atom. The molecule has 7 nitrogen and oxygen atoms in total. The van der Waals surface area contributed by atoms with Crippen LogP contribution in [0.15, 0.2) is 53.4 Å². The molecule has 2 aromatic rings. The first-order valence-corrected chi connectivity index (χ1v) is 9.48. The summed E-state index contributed by atoms with van der Waals surface area (Å²) in [6.45, 7) is 1.35. The molecule has 1 amide bonds. The lowest BCUT2D eigenvalue weighted by Crippen LogP contribution is -2.30. The van der Waals surface area contributed by atoms with Gasteiger partial charge in [-0.15, -0.1) is 0 Å². The van der Waals surface area contributed by atoms with Crippen molar-refractivity contribution in [3.8, 4) is 5.75 Å². The quantitative estimate of drug-likeness (QED) is 0.701. The van der Waals surface area contributed by atoms with Crippen LogP contribution in [0.3, 0.4) is 0 Å². The second-order valence-corrected chi connectivity index (χ2v) is 7.52. The highest BCUT2D eigenvalue weighted by Crippen LogP contribution is 2.20. The van der Waals surface area contributed by atoms with Crippen molar-refractivity contribution < 1.29 is 36.3 Å². The number of sulfone groups is 1. The monoisotopic (exact) mass is 413 g/mol. The van der Waals surface area contributed by atoms with Crippen LogP contribution in [0.4, 0.5) is 14.5 Å². The number of nitrogens with one attached hydrogen (secondary N) is 1. The number of amides is 1. The third-order valence-electron chi connectivity index (χ3n) is 3.64. The van der Waals surface area contributed by atoms with Crippen LogP contribution >= 0.6 is 0 Å². The van der Waals surface area contributed by atoms with Gasteiger partial charge in [-0.25, -0.2) is 13.2 Å². The molecule has 0 aliphatic heterocycles. The summed E-state index contributed by atoms with van der Waals surface area (Å²) >= 11 is 0. The minimum Gasteiger partial charge on any atom is -0.497 e. The molecule has 0 heterocycles. The molecule has 0 aliphatic rings. The third-order valence-corrected chi connectivity index (χ3v) is 5.04. The zero-order valence-corrected chi connectivity index (χ0v) is 15.7. The SMILES string of the molecule is COc1cccc(NC(=O)[C@H](C)OC(=O)c2ccc(S(=O)(=O)C(F)F)cc2)c1. The number of methoxy groups -OCH3 is 1. The molecule has 150 valence electrons. The highest BCUT2D eigenvalue weighted by molar-refractivity contribution is 7.91. The summed E-state index contributed by atoms with van der Waals surface area (Å²) in [5.41, 5.74) is 0.350.